The van der Waals surface area contributed by atoms with Crippen LogP contribution < -0.4 is 0 Å². The van der Waals surface area contributed by atoms with Crippen LogP contribution in [-0.4, -0.2) is 24.0 Å². The number of aliphatic imine (C=N–C) groups is 1. The second-order valence-corrected chi connectivity index (χ2v) is 6.83. The third-order valence-electron chi connectivity index (χ3n) is 4.72. The van der Waals surface area contributed by atoms with Gasteiger partial charge >= 0.3 is 5.97 Å². The minimum atomic E-state index is -1.08. The third kappa shape index (κ3) is 3.96. The molecule has 0 radical (unpaired) electrons. The van der Waals surface area contributed by atoms with E-state index in [0.29, 0.717) is 12.3 Å². The fraction of sp³-hybridized carbons (Fsp3) is 0.167. The molecule has 1 atom stereocenters. The summed E-state index contributed by atoms with van der Waals surface area (Å²) in [5, 5.41) is 0. The second-order valence-electron chi connectivity index (χ2n) is 6.83. The molecule has 0 unspecified atom stereocenters. The average Bonchev–Trinajstić information content (AvgIpc) is 3.19. The summed E-state index contributed by atoms with van der Waals surface area (Å²) in [5.41, 5.74) is 1.73. The molecule has 0 saturated carbocycles. The molecule has 0 N–H and O–H groups in total. The van der Waals surface area contributed by atoms with Crippen molar-refractivity contribution in [2.24, 2.45) is 4.99 Å². The first-order valence-electron chi connectivity index (χ1n) is 9.28. The topological polar surface area (TPSA) is 47.9 Å². The lowest BCUT2D eigenvalue weighted by molar-refractivity contribution is -0.151. The Hall–Kier alpha value is -3.40. The molecule has 0 amide bonds. The number of benzene rings is 3. The van der Waals surface area contributed by atoms with Crippen LogP contribution in [-0.2, 0) is 27.3 Å². The monoisotopic (exact) mass is 371 g/mol. The van der Waals surface area contributed by atoms with Crippen LogP contribution in [0.25, 0.3) is 0 Å². The summed E-state index contributed by atoms with van der Waals surface area (Å²) in [5.74, 6) is 0.110. The molecule has 3 aromatic rings. The van der Waals surface area contributed by atoms with E-state index < -0.39 is 5.54 Å². The standard InChI is InChI=1S/C24H21NO3/c26-23(27-17-20-12-6-2-7-13-20)24(16-19-10-4-1-5-11-19)18-28-22(25-24)21-14-8-3-9-15-21/h1-15H,16-18H2/t24-/m0/s1. The Kier molecular flexibility index (Phi) is 5.20. The Balaban J connectivity index is 1.60. The molecule has 140 valence electrons. The third-order valence-corrected chi connectivity index (χ3v) is 4.72. The quantitative estimate of drug-likeness (QED) is 0.611. The maximum absolute atomic E-state index is 13.1. The van der Waals surface area contributed by atoms with Gasteiger partial charge in [-0.15, -0.1) is 0 Å². The van der Waals surface area contributed by atoms with E-state index in [1.807, 2.05) is 91.0 Å². The molecule has 1 heterocycles. The number of carbonyl (C=O) groups excluding carboxylic acids is 1. The van der Waals surface area contributed by atoms with Crippen LogP contribution in [0.4, 0.5) is 0 Å². The summed E-state index contributed by atoms with van der Waals surface area (Å²) >= 11 is 0. The summed E-state index contributed by atoms with van der Waals surface area (Å²) in [6.07, 6.45) is 0.428. The van der Waals surface area contributed by atoms with Crippen LogP contribution in [0, 0.1) is 0 Å². The van der Waals surface area contributed by atoms with Crippen molar-refractivity contribution in [2.75, 3.05) is 6.61 Å². The number of rotatable bonds is 6. The van der Waals surface area contributed by atoms with Gasteiger partial charge in [0.15, 0.2) is 5.54 Å². The van der Waals surface area contributed by atoms with E-state index >= 15 is 0 Å². The van der Waals surface area contributed by atoms with Gasteiger partial charge in [-0.2, -0.15) is 0 Å². The average molecular weight is 371 g/mol. The van der Waals surface area contributed by atoms with E-state index in [4.69, 9.17) is 14.5 Å². The Morgan fingerprint density at radius 1 is 0.857 bits per heavy atom. The first-order chi connectivity index (χ1) is 13.8. The molecule has 4 heteroatoms. The molecule has 28 heavy (non-hydrogen) atoms. The lowest BCUT2D eigenvalue weighted by atomic mass is 9.92. The largest absolute Gasteiger partial charge is 0.474 e. The van der Waals surface area contributed by atoms with Crippen LogP contribution in [0.2, 0.25) is 0 Å². The molecule has 4 rings (SSSR count). The number of esters is 1. The highest BCUT2D eigenvalue weighted by atomic mass is 16.5. The highest BCUT2D eigenvalue weighted by Crippen LogP contribution is 2.28. The normalized spacial score (nSPS) is 18.2. The Morgan fingerprint density at radius 2 is 1.43 bits per heavy atom. The van der Waals surface area contributed by atoms with Crippen molar-refractivity contribution in [1.82, 2.24) is 0 Å². The molecule has 1 aliphatic rings. The number of nitrogens with zero attached hydrogens (tertiary/aromatic N) is 1. The highest BCUT2D eigenvalue weighted by Gasteiger charge is 2.46. The SMILES string of the molecule is O=C(OCc1ccccc1)[C@]1(Cc2ccccc2)COC(c2ccccc2)=N1. The first-order valence-corrected chi connectivity index (χ1v) is 9.28. The predicted octanol–water partition coefficient (Wildman–Crippen LogP) is 4.19. The van der Waals surface area contributed by atoms with E-state index in [9.17, 15) is 4.79 Å². The molecule has 0 aliphatic carbocycles. The Bertz CT molecular complexity index is 955. The van der Waals surface area contributed by atoms with Crippen molar-refractivity contribution < 1.29 is 14.3 Å². The Labute approximate surface area is 164 Å². The summed E-state index contributed by atoms with van der Waals surface area (Å²) in [6, 6.07) is 29.1. The van der Waals surface area contributed by atoms with Crippen LogP contribution in [0.5, 0.6) is 0 Å². The maximum Gasteiger partial charge on any atom is 0.338 e. The molecule has 0 bridgehead atoms. The fourth-order valence-corrected chi connectivity index (χ4v) is 3.23. The van der Waals surface area contributed by atoms with Crippen molar-refractivity contribution in [2.45, 2.75) is 18.6 Å². The maximum atomic E-state index is 13.1. The van der Waals surface area contributed by atoms with Crippen molar-refractivity contribution in [1.29, 1.82) is 0 Å². The summed E-state index contributed by atoms with van der Waals surface area (Å²) < 4.78 is 11.5. The van der Waals surface area contributed by atoms with Gasteiger partial charge in [-0.3, -0.25) is 0 Å². The van der Waals surface area contributed by atoms with Crippen LogP contribution >= 0.6 is 0 Å². The van der Waals surface area contributed by atoms with E-state index in [1.165, 1.54) is 0 Å². The Morgan fingerprint density at radius 3 is 2.07 bits per heavy atom. The first kappa shape index (κ1) is 18.0. The number of ether oxygens (including phenoxy) is 2. The van der Waals surface area contributed by atoms with Gasteiger partial charge in [-0.05, 0) is 23.3 Å². The fourth-order valence-electron chi connectivity index (χ4n) is 3.23. The van der Waals surface area contributed by atoms with Gasteiger partial charge in [0, 0.05) is 12.0 Å². The second kappa shape index (κ2) is 8.09. The zero-order chi connectivity index (χ0) is 19.2. The number of hydrogen-bond acceptors (Lipinski definition) is 4. The van der Waals surface area contributed by atoms with Gasteiger partial charge in [0.05, 0.1) is 0 Å². The number of hydrogen-bond donors (Lipinski definition) is 0. The number of carbonyl (C=O) groups is 1. The van der Waals surface area contributed by atoms with Crippen molar-refractivity contribution in [3.8, 4) is 0 Å². The van der Waals surface area contributed by atoms with Crippen molar-refractivity contribution >= 4 is 11.9 Å². The van der Waals surface area contributed by atoms with Gasteiger partial charge in [0.1, 0.15) is 13.2 Å². The molecule has 0 fully saturated rings. The van der Waals surface area contributed by atoms with Crippen LogP contribution in [0.3, 0.4) is 0 Å². The van der Waals surface area contributed by atoms with Crippen LogP contribution in [0.1, 0.15) is 16.7 Å². The molecule has 4 nitrogen and oxygen atoms in total. The van der Waals surface area contributed by atoms with Crippen LogP contribution in [0.15, 0.2) is 96.0 Å². The van der Waals surface area contributed by atoms with Gasteiger partial charge in [-0.25, -0.2) is 9.79 Å². The summed E-state index contributed by atoms with van der Waals surface area (Å²) in [4.78, 5) is 17.8. The summed E-state index contributed by atoms with van der Waals surface area (Å²) in [7, 11) is 0. The predicted molar refractivity (Wildman–Crippen MR) is 108 cm³/mol. The van der Waals surface area contributed by atoms with Gasteiger partial charge < -0.3 is 9.47 Å². The molecule has 1 aliphatic heterocycles. The molecular weight excluding hydrogens is 350 g/mol. The molecule has 3 aromatic carbocycles. The lowest BCUT2D eigenvalue weighted by Gasteiger charge is -2.22. The smallest absolute Gasteiger partial charge is 0.338 e. The van der Waals surface area contributed by atoms with E-state index in [2.05, 4.69) is 0 Å². The lowest BCUT2D eigenvalue weighted by Crippen LogP contribution is -2.42. The molecular formula is C24H21NO3. The zero-order valence-electron chi connectivity index (χ0n) is 15.5. The van der Waals surface area contributed by atoms with Gasteiger partial charge in [-0.1, -0.05) is 78.9 Å². The van der Waals surface area contributed by atoms with Crippen molar-refractivity contribution in [3.05, 3.63) is 108 Å². The van der Waals surface area contributed by atoms with E-state index in [1.54, 1.807) is 0 Å². The molecule has 0 aromatic heterocycles. The van der Waals surface area contributed by atoms with Gasteiger partial charge in [0.2, 0.25) is 5.90 Å². The zero-order valence-corrected chi connectivity index (χ0v) is 15.5. The minimum Gasteiger partial charge on any atom is -0.474 e. The van der Waals surface area contributed by atoms with E-state index in [0.717, 1.165) is 16.7 Å². The van der Waals surface area contributed by atoms with Crippen molar-refractivity contribution in [3.63, 3.8) is 0 Å². The van der Waals surface area contributed by atoms with Gasteiger partial charge in [0.25, 0.3) is 0 Å². The summed E-state index contributed by atoms with van der Waals surface area (Å²) in [6.45, 7) is 0.381. The minimum absolute atomic E-state index is 0.166. The molecule has 0 spiro atoms. The highest BCUT2D eigenvalue weighted by molar-refractivity contribution is 5.99. The van der Waals surface area contributed by atoms with E-state index in [-0.39, 0.29) is 19.2 Å². The molecule has 0 saturated heterocycles.